The predicted octanol–water partition coefficient (Wildman–Crippen LogP) is 1.75. The van der Waals surface area contributed by atoms with Crippen LogP contribution in [0.3, 0.4) is 0 Å². The van der Waals surface area contributed by atoms with Gasteiger partial charge in [0, 0.05) is 24.2 Å². The smallest absolute Gasteiger partial charge is 0.181 e. The standard InChI is InChI=1S/C14H19FN2O2/c15-12-3-1-4-13(16)11(12)9-17-6-2-5-14(10-17)18-7-8-19-14/h1,3-4H,2,5-10,16H2. The van der Waals surface area contributed by atoms with Gasteiger partial charge in [0.1, 0.15) is 5.82 Å². The van der Waals surface area contributed by atoms with Gasteiger partial charge in [0.05, 0.1) is 19.8 Å². The van der Waals surface area contributed by atoms with Crippen LogP contribution in [-0.4, -0.2) is 37.0 Å². The van der Waals surface area contributed by atoms with E-state index in [4.69, 9.17) is 15.2 Å². The summed E-state index contributed by atoms with van der Waals surface area (Å²) in [6, 6.07) is 4.82. The fourth-order valence-corrected chi connectivity index (χ4v) is 2.90. The molecule has 0 unspecified atom stereocenters. The maximum absolute atomic E-state index is 13.8. The molecule has 5 heteroatoms. The maximum Gasteiger partial charge on any atom is 0.181 e. The Morgan fingerprint density at radius 1 is 1.32 bits per heavy atom. The summed E-state index contributed by atoms with van der Waals surface area (Å²) >= 11 is 0. The van der Waals surface area contributed by atoms with E-state index in [1.165, 1.54) is 6.07 Å². The molecule has 19 heavy (non-hydrogen) atoms. The molecule has 1 aromatic rings. The topological polar surface area (TPSA) is 47.7 Å². The van der Waals surface area contributed by atoms with Gasteiger partial charge in [-0.2, -0.15) is 0 Å². The first-order valence-electron chi connectivity index (χ1n) is 6.72. The number of nitrogens with zero attached hydrogens (tertiary/aromatic N) is 1. The van der Waals surface area contributed by atoms with Gasteiger partial charge in [-0.15, -0.1) is 0 Å². The zero-order valence-corrected chi connectivity index (χ0v) is 10.9. The van der Waals surface area contributed by atoms with Crippen LogP contribution in [0.5, 0.6) is 0 Å². The summed E-state index contributed by atoms with van der Waals surface area (Å²) in [5, 5.41) is 0. The van der Waals surface area contributed by atoms with Crippen molar-refractivity contribution in [3.05, 3.63) is 29.6 Å². The number of hydrogen-bond acceptors (Lipinski definition) is 4. The van der Waals surface area contributed by atoms with E-state index in [0.29, 0.717) is 37.6 Å². The van der Waals surface area contributed by atoms with E-state index in [-0.39, 0.29) is 5.82 Å². The van der Waals surface area contributed by atoms with E-state index in [1.54, 1.807) is 12.1 Å². The molecule has 0 bridgehead atoms. The quantitative estimate of drug-likeness (QED) is 0.828. The molecular weight excluding hydrogens is 247 g/mol. The third-order valence-corrected chi connectivity index (χ3v) is 3.85. The molecule has 2 fully saturated rings. The van der Waals surface area contributed by atoms with E-state index in [0.717, 1.165) is 19.4 Å². The van der Waals surface area contributed by atoms with Crippen LogP contribution in [0.1, 0.15) is 18.4 Å². The minimum absolute atomic E-state index is 0.243. The molecule has 0 amide bonds. The summed E-state index contributed by atoms with van der Waals surface area (Å²) in [7, 11) is 0. The van der Waals surface area contributed by atoms with Crippen molar-refractivity contribution in [1.82, 2.24) is 4.90 Å². The van der Waals surface area contributed by atoms with Gasteiger partial charge >= 0.3 is 0 Å². The molecule has 4 nitrogen and oxygen atoms in total. The van der Waals surface area contributed by atoms with Crippen LogP contribution in [0, 0.1) is 5.82 Å². The van der Waals surface area contributed by atoms with E-state index in [9.17, 15) is 4.39 Å². The van der Waals surface area contributed by atoms with Crippen LogP contribution in [0.4, 0.5) is 10.1 Å². The molecule has 0 atom stereocenters. The third-order valence-electron chi connectivity index (χ3n) is 3.85. The lowest BCUT2D eigenvalue weighted by atomic mass is 10.0. The molecule has 2 N–H and O–H groups in total. The number of halogens is 1. The summed E-state index contributed by atoms with van der Waals surface area (Å²) in [6.07, 6.45) is 1.91. The van der Waals surface area contributed by atoms with Crippen LogP contribution in [-0.2, 0) is 16.0 Å². The molecule has 0 aromatic heterocycles. The Morgan fingerprint density at radius 3 is 2.84 bits per heavy atom. The Kier molecular flexibility index (Phi) is 3.43. The highest BCUT2D eigenvalue weighted by atomic mass is 19.1. The molecule has 1 spiro atoms. The predicted molar refractivity (Wildman–Crippen MR) is 70.0 cm³/mol. The second-order valence-corrected chi connectivity index (χ2v) is 5.23. The molecule has 0 radical (unpaired) electrons. The van der Waals surface area contributed by atoms with Gasteiger partial charge in [-0.1, -0.05) is 6.07 Å². The minimum atomic E-state index is -0.474. The van der Waals surface area contributed by atoms with Crippen LogP contribution in [0.15, 0.2) is 18.2 Å². The first-order chi connectivity index (χ1) is 9.19. The lowest BCUT2D eigenvalue weighted by Gasteiger charge is -2.38. The first-order valence-corrected chi connectivity index (χ1v) is 6.72. The molecule has 104 valence electrons. The highest BCUT2D eigenvalue weighted by molar-refractivity contribution is 5.47. The van der Waals surface area contributed by atoms with Gasteiger partial charge < -0.3 is 15.2 Å². The number of hydrogen-bond donors (Lipinski definition) is 1. The van der Waals surface area contributed by atoms with Gasteiger partial charge in [0.15, 0.2) is 5.79 Å². The normalized spacial score (nSPS) is 23.0. The van der Waals surface area contributed by atoms with Crippen molar-refractivity contribution >= 4 is 5.69 Å². The largest absolute Gasteiger partial charge is 0.398 e. The van der Waals surface area contributed by atoms with Crippen molar-refractivity contribution in [2.45, 2.75) is 25.2 Å². The van der Waals surface area contributed by atoms with E-state index in [2.05, 4.69) is 4.90 Å². The molecule has 3 rings (SSSR count). The molecule has 1 aromatic carbocycles. The highest BCUT2D eigenvalue weighted by Crippen LogP contribution is 2.31. The zero-order valence-electron chi connectivity index (χ0n) is 10.9. The number of benzene rings is 1. The fourth-order valence-electron chi connectivity index (χ4n) is 2.90. The van der Waals surface area contributed by atoms with Gasteiger partial charge in [0.25, 0.3) is 0 Å². The third kappa shape index (κ3) is 2.59. The van der Waals surface area contributed by atoms with Crippen LogP contribution in [0.2, 0.25) is 0 Å². The molecule has 2 aliphatic heterocycles. The number of anilines is 1. The summed E-state index contributed by atoms with van der Waals surface area (Å²) in [5.41, 5.74) is 6.93. The molecule has 2 saturated heterocycles. The average Bonchev–Trinajstić information content (AvgIpc) is 2.82. The van der Waals surface area contributed by atoms with Gasteiger partial charge in [-0.25, -0.2) is 4.39 Å². The van der Waals surface area contributed by atoms with Crippen molar-refractivity contribution in [1.29, 1.82) is 0 Å². The van der Waals surface area contributed by atoms with E-state index < -0.39 is 5.79 Å². The van der Waals surface area contributed by atoms with Gasteiger partial charge in [0.2, 0.25) is 0 Å². The number of piperidine rings is 1. The molecular formula is C14H19FN2O2. The van der Waals surface area contributed by atoms with Crippen LogP contribution in [0.25, 0.3) is 0 Å². The summed E-state index contributed by atoms with van der Waals surface area (Å²) < 4.78 is 25.2. The number of nitrogens with two attached hydrogens (primary N) is 1. The van der Waals surface area contributed by atoms with E-state index in [1.807, 2.05) is 0 Å². The lowest BCUT2D eigenvalue weighted by Crippen LogP contribution is -2.48. The molecule has 2 heterocycles. The van der Waals surface area contributed by atoms with Crippen LogP contribution < -0.4 is 5.73 Å². The highest BCUT2D eigenvalue weighted by Gasteiger charge is 2.40. The average molecular weight is 266 g/mol. The number of ether oxygens (including phenoxy) is 2. The maximum atomic E-state index is 13.8. The Hall–Kier alpha value is -1.17. The van der Waals surface area contributed by atoms with Crippen molar-refractivity contribution in [2.75, 3.05) is 32.0 Å². The summed E-state index contributed by atoms with van der Waals surface area (Å²) in [6.45, 7) is 3.40. The first kappa shape index (κ1) is 12.8. The Balaban J connectivity index is 1.73. The SMILES string of the molecule is Nc1cccc(F)c1CN1CCCC2(C1)OCCO2. The van der Waals surface area contributed by atoms with Crippen molar-refractivity contribution in [2.24, 2.45) is 0 Å². The Bertz CT molecular complexity index is 441. The summed E-state index contributed by atoms with van der Waals surface area (Å²) in [4.78, 5) is 2.16. The Morgan fingerprint density at radius 2 is 2.11 bits per heavy atom. The number of nitrogen functional groups attached to an aromatic ring is 1. The second-order valence-electron chi connectivity index (χ2n) is 5.23. The number of likely N-dealkylation sites (tertiary alicyclic amines) is 1. The minimum Gasteiger partial charge on any atom is -0.398 e. The lowest BCUT2D eigenvalue weighted by molar-refractivity contribution is -0.190. The van der Waals surface area contributed by atoms with E-state index >= 15 is 0 Å². The molecule has 0 aliphatic carbocycles. The number of rotatable bonds is 2. The molecule has 2 aliphatic rings. The van der Waals surface area contributed by atoms with Crippen LogP contribution >= 0.6 is 0 Å². The monoisotopic (exact) mass is 266 g/mol. The van der Waals surface area contributed by atoms with Crippen molar-refractivity contribution < 1.29 is 13.9 Å². The van der Waals surface area contributed by atoms with Gasteiger partial charge in [-0.3, -0.25) is 4.90 Å². The van der Waals surface area contributed by atoms with Crippen molar-refractivity contribution in [3.8, 4) is 0 Å². The Labute approximate surface area is 112 Å². The van der Waals surface area contributed by atoms with Crippen molar-refractivity contribution in [3.63, 3.8) is 0 Å². The van der Waals surface area contributed by atoms with Gasteiger partial charge in [-0.05, 0) is 25.1 Å². The molecule has 0 saturated carbocycles. The fraction of sp³-hybridized carbons (Fsp3) is 0.571. The summed E-state index contributed by atoms with van der Waals surface area (Å²) in [5.74, 6) is -0.717. The zero-order chi connectivity index (χ0) is 13.3. The second kappa shape index (κ2) is 5.07.